The summed E-state index contributed by atoms with van der Waals surface area (Å²) < 4.78 is 5.89. The third kappa shape index (κ3) is 3.65. The quantitative estimate of drug-likeness (QED) is 0.719. The molecular weight excluding hydrogens is 228 g/mol. The first kappa shape index (κ1) is 14.2. The standard InChI is InChI=1S/C13H28N4O/c1-3-16-6-7-18-13(10-16)11-17-5-4-15(2)9-12(17)8-14/h12-13H,3-11,14H2,1-2H3. The molecule has 0 aromatic rings. The molecule has 18 heavy (non-hydrogen) atoms. The summed E-state index contributed by atoms with van der Waals surface area (Å²) in [6, 6.07) is 0.490. The lowest BCUT2D eigenvalue weighted by Gasteiger charge is -2.42. The number of rotatable bonds is 4. The van der Waals surface area contributed by atoms with E-state index in [0.717, 1.165) is 59.0 Å². The summed E-state index contributed by atoms with van der Waals surface area (Å²) in [4.78, 5) is 7.36. The first-order valence-corrected chi connectivity index (χ1v) is 7.19. The summed E-state index contributed by atoms with van der Waals surface area (Å²) in [7, 11) is 2.18. The van der Waals surface area contributed by atoms with Crippen molar-refractivity contribution in [1.82, 2.24) is 14.7 Å². The van der Waals surface area contributed by atoms with E-state index < -0.39 is 0 Å². The highest BCUT2D eigenvalue weighted by atomic mass is 16.5. The van der Waals surface area contributed by atoms with Crippen LogP contribution in [0.3, 0.4) is 0 Å². The number of piperazine rings is 1. The molecule has 2 aliphatic rings. The van der Waals surface area contributed by atoms with Crippen molar-refractivity contribution >= 4 is 0 Å². The minimum Gasteiger partial charge on any atom is -0.374 e. The summed E-state index contributed by atoms with van der Waals surface area (Å²) in [6.45, 7) is 11.5. The minimum absolute atomic E-state index is 0.358. The van der Waals surface area contributed by atoms with Gasteiger partial charge in [0.15, 0.2) is 0 Å². The van der Waals surface area contributed by atoms with Gasteiger partial charge in [-0.15, -0.1) is 0 Å². The second-order valence-electron chi connectivity index (χ2n) is 5.53. The maximum Gasteiger partial charge on any atom is 0.0829 e. The molecule has 2 atom stereocenters. The molecule has 0 radical (unpaired) electrons. The Morgan fingerprint density at radius 1 is 1.22 bits per heavy atom. The van der Waals surface area contributed by atoms with Crippen molar-refractivity contribution < 1.29 is 4.74 Å². The molecular formula is C13H28N4O. The van der Waals surface area contributed by atoms with Crippen LogP contribution in [0.5, 0.6) is 0 Å². The molecule has 2 fully saturated rings. The average Bonchev–Trinajstić information content (AvgIpc) is 2.41. The van der Waals surface area contributed by atoms with Crippen LogP contribution in [0.15, 0.2) is 0 Å². The molecule has 0 saturated carbocycles. The molecule has 2 aliphatic heterocycles. The van der Waals surface area contributed by atoms with Gasteiger partial charge in [-0.2, -0.15) is 0 Å². The van der Waals surface area contributed by atoms with Gasteiger partial charge >= 0.3 is 0 Å². The van der Waals surface area contributed by atoms with Crippen LogP contribution in [-0.2, 0) is 4.74 Å². The normalized spacial score (nSPS) is 32.8. The Kier molecular flexibility index (Phi) is 5.38. The highest BCUT2D eigenvalue weighted by Gasteiger charge is 2.28. The first-order valence-electron chi connectivity index (χ1n) is 7.19. The van der Waals surface area contributed by atoms with Gasteiger partial charge in [0, 0.05) is 51.9 Å². The monoisotopic (exact) mass is 256 g/mol. The number of nitrogens with zero attached hydrogens (tertiary/aromatic N) is 3. The van der Waals surface area contributed by atoms with E-state index in [1.165, 1.54) is 0 Å². The first-order chi connectivity index (χ1) is 8.72. The lowest BCUT2D eigenvalue weighted by atomic mass is 10.1. The van der Waals surface area contributed by atoms with E-state index >= 15 is 0 Å². The number of nitrogens with two attached hydrogens (primary N) is 1. The SMILES string of the molecule is CCN1CCOC(CN2CCN(C)CC2CN)C1. The number of likely N-dealkylation sites (N-methyl/N-ethyl adjacent to an activating group) is 2. The Morgan fingerprint density at radius 2 is 2.06 bits per heavy atom. The maximum absolute atomic E-state index is 5.89. The number of ether oxygens (including phenoxy) is 1. The molecule has 0 spiro atoms. The summed E-state index contributed by atoms with van der Waals surface area (Å²) in [6.07, 6.45) is 0.358. The van der Waals surface area contributed by atoms with E-state index in [0.29, 0.717) is 12.1 Å². The second-order valence-corrected chi connectivity index (χ2v) is 5.53. The zero-order valence-corrected chi connectivity index (χ0v) is 11.8. The number of hydrogen-bond acceptors (Lipinski definition) is 5. The van der Waals surface area contributed by atoms with Crippen molar-refractivity contribution in [2.24, 2.45) is 5.73 Å². The Bertz CT molecular complexity index is 251. The van der Waals surface area contributed by atoms with Gasteiger partial charge in [-0.05, 0) is 13.6 Å². The molecule has 2 saturated heterocycles. The zero-order valence-electron chi connectivity index (χ0n) is 11.8. The predicted octanol–water partition coefficient (Wildman–Crippen LogP) is -0.718. The van der Waals surface area contributed by atoms with Crippen LogP contribution in [0.4, 0.5) is 0 Å². The highest BCUT2D eigenvalue weighted by molar-refractivity contribution is 4.84. The molecule has 0 aromatic heterocycles. The fraction of sp³-hybridized carbons (Fsp3) is 1.00. The van der Waals surface area contributed by atoms with Crippen LogP contribution >= 0.6 is 0 Å². The average molecular weight is 256 g/mol. The maximum atomic E-state index is 5.89. The largest absolute Gasteiger partial charge is 0.374 e. The molecule has 5 heteroatoms. The van der Waals surface area contributed by atoms with Gasteiger partial charge in [0.1, 0.15) is 0 Å². The molecule has 2 heterocycles. The second kappa shape index (κ2) is 6.82. The molecule has 2 unspecified atom stereocenters. The van der Waals surface area contributed by atoms with Gasteiger partial charge in [0.25, 0.3) is 0 Å². The topological polar surface area (TPSA) is 45.0 Å². The summed E-state index contributed by atoms with van der Waals surface area (Å²) in [5.74, 6) is 0. The van der Waals surface area contributed by atoms with E-state index in [-0.39, 0.29) is 0 Å². The van der Waals surface area contributed by atoms with Crippen LogP contribution in [0, 0.1) is 0 Å². The van der Waals surface area contributed by atoms with Gasteiger partial charge in [-0.1, -0.05) is 6.92 Å². The number of hydrogen-bond donors (Lipinski definition) is 1. The summed E-state index contributed by atoms with van der Waals surface area (Å²) in [5, 5.41) is 0. The van der Waals surface area contributed by atoms with Crippen LogP contribution in [-0.4, -0.2) is 92.9 Å². The Labute approximate surface area is 111 Å². The van der Waals surface area contributed by atoms with Gasteiger partial charge in [-0.25, -0.2) is 0 Å². The molecule has 2 rings (SSSR count). The van der Waals surface area contributed by atoms with Crippen molar-refractivity contribution in [2.75, 3.05) is 66.0 Å². The molecule has 0 aliphatic carbocycles. The Morgan fingerprint density at radius 3 is 2.78 bits per heavy atom. The zero-order chi connectivity index (χ0) is 13.0. The van der Waals surface area contributed by atoms with Crippen LogP contribution in [0.25, 0.3) is 0 Å². The van der Waals surface area contributed by atoms with Crippen molar-refractivity contribution in [3.8, 4) is 0 Å². The molecule has 106 valence electrons. The van der Waals surface area contributed by atoms with E-state index in [4.69, 9.17) is 10.5 Å². The van der Waals surface area contributed by atoms with E-state index in [9.17, 15) is 0 Å². The van der Waals surface area contributed by atoms with E-state index in [1.54, 1.807) is 0 Å². The van der Waals surface area contributed by atoms with Crippen molar-refractivity contribution in [1.29, 1.82) is 0 Å². The molecule has 0 aromatic carbocycles. The fourth-order valence-electron chi connectivity index (χ4n) is 2.95. The summed E-state index contributed by atoms with van der Waals surface area (Å²) >= 11 is 0. The molecule has 0 amide bonds. The minimum atomic E-state index is 0.358. The third-order valence-electron chi connectivity index (χ3n) is 4.19. The predicted molar refractivity (Wildman–Crippen MR) is 73.8 cm³/mol. The van der Waals surface area contributed by atoms with Gasteiger partial charge in [0.2, 0.25) is 0 Å². The smallest absolute Gasteiger partial charge is 0.0829 e. The molecule has 0 bridgehead atoms. The van der Waals surface area contributed by atoms with Crippen molar-refractivity contribution in [3.05, 3.63) is 0 Å². The van der Waals surface area contributed by atoms with Crippen molar-refractivity contribution in [3.63, 3.8) is 0 Å². The Hall–Kier alpha value is -0.200. The van der Waals surface area contributed by atoms with Crippen LogP contribution in [0.1, 0.15) is 6.92 Å². The van der Waals surface area contributed by atoms with Gasteiger partial charge < -0.3 is 15.4 Å². The molecule has 5 nitrogen and oxygen atoms in total. The van der Waals surface area contributed by atoms with Crippen LogP contribution in [0.2, 0.25) is 0 Å². The molecule has 2 N–H and O–H groups in total. The van der Waals surface area contributed by atoms with Crippen LogP contribution < -0.4 is 5.73 Å². The summed E-state index contributed by atoms with van der Waals surface area (Å²) in [5.41, 5.74) is 5.89. The fourth-order valence-corrected chi connectivity index (χ4v) is 2.95. The lowest BCUT2D eigenvalue weighted by Crippen LogP contribution is -2.58. The highest BCUT2D eigenvalue weighted by Crippen LogP contribution is 2.12. The van der Waals surface area contributed by atoms with E-state index in [1.807, 2.05) is 0 Å². The van der Waals surface area contributed by atoms with Gasteiger partial charge in [-0.3, -0.25) is 9.80 Å². The Balaban J connectivity index is 1.83. The van der Waals surface area contributed by atoms with Gasteiger partial charge in [0.05, 0.1) is 12.7 Å². The third-order valence-corrected chi connectivity index (χ3v) is 4.19. The number of morpholine rings is 1. The lowest BCUT2D eigenvalue weighted by molar-refractivity contribution is -0.0539. The van der Waals surface area contributed by atoms with Crippen molar-refractivity contribution in [2.45, 2.75) is 19.1 Å². The van der Waals surface area contributed by atoms with E-state index in [2.05, 4.69) is 28.7 Å².